The lowest BCUT2D eigenvalue weighted by atomic mass is 10.1. The van der Waals surface area contributed by atoms with Crippen LogP contribution in [0.15, 0.2) is 28.4 Å². The molecule has 3 aromatic heterocycles. The molecule has 3 rings (SSSR count). The minimum Gasteiger partial charge on any atom is -0.465 e. The smallest absolute Gasteiger partial charge is 0.338 e. The summed E-state index contributed by atoms with van der Waals surface area (Å²) < 4.78 is 6.79. The number of aromatic nitrogens is 3. The van der Waals surface area contributed by atoms with Crippen LogP contribution in [0.25, 0.3) is 21.6 Å². The summed E-state index contributed by atoms with van der Waals surface area (Å²) in [7, 11) is 1.28. The van der Waals surface area contributed by atoms with Crippen molar-refractivity contribution >= 4 is 40.6 Å². The number of esters is 1. The maximum Gasteiger partial charge on any atom is 0.338 e. The van der Waals surface area contributed by atoms with Gasteiger partial charge in [0.1, 0.15) is 5.65 Å². The number of methoxy groups -OCH3 is 1. The highest BCUT2D eigenvalue weighted by Gasteiger charge is 2.19. The lowest BCUT2D eigenvalue weighted by Gasteiger charge is -2.11. The van der Waals surface area contributed by atoms with E-state index in [1.165, 1.54) is 18.4 Å². The van der Waals surface area contributed by atoms with Crippen molar-refractivity contribution in [1.82, 2.24) is 14.5 Å². The molecule has 0 aromatic carbocycles. The van der Waals surface area contributed by atoms with Crippen molar-refractivity contribution in [2.75, 3.05) is 7.11 Å². The molecule has 0 aliphatic heterocycles. The molecule has 0 saturated heterocycles. The van der Waals surface area contributed by atoms with Gasteiger partial charge in [-0.3, -0.25) is 9.78 Å². The van der Waals surface area contributed by atoms with E-state index in [1.807, 2.05) is 24.4 Å². The summed E-state index contributed by atoms with van der Waals surface area (Å²) in [5, 5.41) is 2.11. The zero-order valence-electron chi connectivity index (χ0n) is 12.5. The summed E-state index contributed by atoms with van der Waals surface area (Å²) >= 11 is 6.70. The number of aryl methyl sites for hydroxylation is 1. The van der Waals surface area contributed by atoms with E-state index in [9.17, 15) is 9.59 Å². The average Bonchev–Trinajstić information content (AvgIpc) is 3.07. The zero-order valence-corrected chi connectivity index (χ0v) is 14.1. The standard InChI is InChI=1S/C15H13N3O3S2/c1-3-18-12-11(13(19)17-15(18)22)8(14(20)21-2)7-9(16-12)10-5-4-6-23-10/h4-7H,3H2,1-2H3,(H,17,19,22). The molecule has 3 heterocycles. The molecule has 118 valence electrons. The van der Waals surface area contributed by atoms with Gasteiger partial charge in [0.15, 0.2) is 4.77 Å². The first-order valence-electron chi connectivity index (χ1n) is 6.87. The molecule has 23 heavy (non-hydrogen) atoms. The first-order chi connectivity index (χ1) is 11.1. The number of nitrogens with one attached hydrogen (secondary N) is 1. The summed E-state index contributed by atoms with van der Waals surface area (Å²) in [4.78, 5) is 32.5. The third kappa shape index (κ3) is 2.60. The van der Waals surface area contributed by atoms with E-state index in [2.05, 4.69) is 9.97 Å². The van der Waals surface area contributed by atoms with Crippen LogP contribution < -0.4 is 5.56 Å². The van der Waals surface area contributed by atoms with E-state index in [1.54, 1.807) is 10.6 Å². The van der Waals surface area contributed by atoms with Gasteiger partial charge in [-0.15, -0.1) is 11.3 Å². The number of pyridine rings is 1. The Labute approximate surface area is 140 Å². The molecular formula is C15H13N3O3S2. The molecule has 6 nitrogen and oxygen atoms in total. The third-order valence-corrected chi connectivity index (χ3v) is 4.66. The topological polar surface area (TPSA) is 77.0 Å². The van der Waals surface area contributed by atoms with Gasteiger partial charge < -0.3 is 9.30 Å². The third-order valence-electron chi connectivity index (χ3n) is 3.44. The molecule has 0 amide bonds. The number of H-pyrrole nitrogens is 1. The summed E-state index contributed by atoms with van der Waals surface area (Å²) in [5.41, 5.74) is 0.724. The Bertz CT molecular complexity index is 1000. The van der Waals surface area contributed by atoms with Gasteiger partial charge in [-0.2, -0.15) is 0 Å². The fraction of sp³-hybridized carbons (Fsp3) is 0.200. The van der Waals surface area contributed by atoms with Gasteiger partial charge in [-0.25, -0.2) is 9.78 Å². The molecule has 0 saturated carbocycles. The molecule has 3 aromatic rings. The van der Waals surface area contributed by atoms with Crippen molar-refractivity contribution in [3.63, 3.8) is 0 Å². The van der Waals surface area contributed by atoms with Gasteiger partial charge in [0.05, 0.1) is 28.6 Å². The predicted octanol–water partition coefficient (Wildman–Crippen LogP) is 2.99. The van der Waals surface area contributed by atoms with E-state index in [-0.39, 0.29) is 15.7 Å². The maximum atomic E-state index is 12.3. The molecule has 0 spiro atoms. The molecule has 0 bridgehead atoms. The highest BCUT2D eigenvalue weighted by Crippen LogP contribution is 2.27. The van der Waals surface area contributed by atoms with Crippen molar-refractivity contribution in [3.05, 3.63) is 44.3 Å². The summed E-state index contributed by atoms with van der Waals surface area (Å²) in [6.45, 7) is 2.42. The minimum atomic E-state index is -0.583. The summed E-state index contributed by atoms with van der Waals surface area (Å²) in [6.07, 6.45) is 0. The Balaban J connectivity index is 2.50. The lowest BCUT2D eigenvalue weighted by molar-refractivity contribution is 0.0603. The Morgan fingerprint density at radius 3 is 2.91 bits per heavy atom. The Kier molecular flexibility index (Phi) is 4.10. The normalized spacial score (nSPS) is 10.9. The van der Waals surface area contributed by atoms with Gasteiger partial charge >= 0.3 is 5.97 Å². The molecule has 0 fully saturated rings. The van der Waals surface area contributed by atoms with Crippen LogP contribution in [0.3, 0.4) is 0 Å². The molecule has 0 aliphatic carbocycles. The summed E-state index contributed by atoms with van der Waals surface area (Å²) in [6, 6.07) is 5.38. The minimum absolute atomic E-state index is 0.180. The van der Waals surface area contributed by atoms with Crippen LogP contribution in [0.2, 0.25) is 0 Å². The van der Waals surface area contributed by atoms with Gasteiger partial charge in [0, 0.05) is 6.54 Å². The Morgan fingerprint density at radius 2 is 2.30 bits per heavy atom. The van der Waals surface area contributed by atoms with Crippen molar-refractivity contribution in [2.24, 2.45) is 0 Å². The van der Waals surface area contributed by atoms with E-state index in [4.69, 9.17) is 17.0 Å². The van der Waals surface area contributed by atoms with Crippen LogP contribution in [0, 0.1) is 4.77 Å². The second-order valence-corrected chi connectivity index (χ2v) is 6.06. The zero-order chi connectivity index (χ0) is 16.6. The van der Waals surface area contributed by atoms with E-state index in [0.29, 0.717) is 17.9 Å². The number of hydrogen-bond acceptors (Lipinski definition) is 6. The Morgan fingerprint density at radius 1 is 1.52 bits per heavy atom. The average molecular weight is 347 g/mol. The van der Waals surface area contributed by atoms with Gasteiger partial charge in [0.25, 0.3) is 5.56 Å². The molecule has 0 radical (unpaired) electrons. The fourth-order valence-electron chi connectivity index (χ4n) is 2.39. The predicted molar refractivity (Wildman–Crippen MR) is 91.5 cm³/mol. The first kappa shape index (κ1) is 15.6. The molecular weight excluding hydrogens is 334 g/mol. The SMILES string of the molecule is CCn1c(=S)[nH]c(=O)c2c(C(=O)OC)cc(-c3cccs3)nc21. The molecule has 0 unspecified atom stereocenters. The second-order valence-electron chi connectivity index (χ2n) is 4.73. The Hall–Kier alpha value is -2.32. The number of carbonyl (C=O) groups excluding carboxylic acids is 1. The highest BCUT2D eigenvalue weighted by molar-refractivity contribution is 7.71. The van der Waals surface area contributed by atoms with Crippen LogP contribution in [-0.4, -0.2) is 27.6 Å². The van der Waals surface area contributed by atoms with Crippen molar-refractivity contribution in [1.29, 1.82) is 0 Å². The van der Waals surface area contributed by atoms with Crippen LogP contribution in [0.5, 0.6) is 0 Å². The number of rotatable bonds is 3. The van der Waals surface area contributed by atoms with Crippen molar-refractivity contribution in [2.45, 2.75) is 13.5 Å². The van der Waals surface area contributed by atoms with E-state index < -0.39 is 11.5 Å². The van der Waals surface area contributed by atoms with E-state index in [0.717, 1.165) is 4.88 Å². The maximum absolute atomic E-state index is 12.3. The number of thiophene rings is 1. The number of aromatic amines is 1. The fourth-order valence-corrected chi connectivity index (χ4v) is 3.38. The highest BCUT2D eigenvalue weighted by atomic mass is 32.1. The molecule has 0 atom stereocenters. The number of carbonyl (C=O) groups is 1. The molecule has 1 N–H and O–H groups in total. The summed E-state index contributed by atoms with van der Waals surface area (Å²) in [5.74, 6) is -0.583. The second kappa shape index (κ2) is 6.05. The monoisotopic (exact) mass is 347 g/mol. The number of fused-ring (bicyclic) bond motifs is 1. The lowest BCUT2D eigenvalue weighted by Crippen LogP contribution is -2.19. The van der Waals surface area contributed by atoms with Gasteiger partial charge in [-0.1, -0.05) is 6.07 Å². The largest absolute Gasteiger partial charge is 0.465 e. The number of ether oxygens (including phenoxy) is 1. The number of nitrogens with zero attached hydrogens (tertiary/aromatic N) is 2. The van der Waals surface area contributed by atoms with Crippen molar-refractivity contribution < 1.29 is 9.53 Å². The van der Waals surface area contributed by atoms with E-state index >= 15 is 0 Å². The van der Waals surface area contributed by atoms with Crippen LogP contribution >= 0.6 is 23.6 Å². The number of hydrogen-bond donors (Lipinski definition) is 1. The van der Waals surface area contributed by atoms with Crippen LogP contribution in [0.4, 0.5) is 0 Å². The molecule has 8 heteroatoms. The molecule has 0 aliphatic rings. The van der Waals surface area contributed by atoms with Crippen LogP contribution in [-0.2, 0) is 11.3 Å². The van der Waals surface area contributed by atoms with Crippen LogP contribution in [0.1, 0.15) is 17.3 Å². The quantitative estimate of drug-likeness (QED) is 0.582. The first-order valence-corrected chi connectivity index (χ1v) is 8.15. The van der Waals surface area contributed by atoms with Gasteiger partial charge in [-0.05, 0) is 36.7 Å². The van der Waals surface area contributed by atoms with Gasteiger partial charge in [0.2, 0.25) is 0 Å². The van der Waals surface area contributed by atoms with Crippen molar-refractivity contribution in [3.8, 4) is 10.6 Å².